The quantitative estimate of drug-likeness (QED) is 0.874. The Morgan fingerprint density at radius 1 is 1.26 bits per heavy atom. The van der Waals surface area contributed by atoms with Gasteiger partial charge in [0.25, 0.3) is 0 Å². The topological polar surface area (TPSA) is 50.8 Å². The molecule has 0 aromatic heterocycles. The predicted octanol–water partition coefficient (Wildman–Crippen LogP) is 0.780. The summed E-state index contributed by atoms with van der Waals surface area (Å²) >= 11 is 0. The van der Waals surface area contributed by atoms with E-state index < -0.39 is 0 Å². The summed E-state index contributed by atoms with van der Waals surface area (Å²) < 4.78 is 10.8. The number of piperazine rings is 1. The highest BCUT2D eigenvalue weighted by molar-refractivity contribution is 5.76. The highest BCUT2D eigenvalue weighted by atomic mass is 16.7. The lowest BCUT2D eigenvalue weighted by Gasteiger charge is -2.27. The van der Waals surface area contributed by atoms with Gasteiger partial charge in [0, 0.05) is 32.6 Å². The fourth-order valence-corrected chi connectivity index (χ4v) is 2.50. The molecule has 0 spiro atoms. The summed E-state index contributed by atoms with van der Waals surface area (Å²) in [5.74, 6) is 1.81. The molecule has 1 saturated heterocycles. The minimum Gasteiger partial charge on any atom is -0.454 e. The first kappa shape index (κ1) is 12.3. The Morgan fingerprint density at radius 2 is 2.11 bits per heavy atom. The largest absolute Gasteiger partial charge is 0.454 e. The molecule has 102 valence electrons. The zero-order valence-electron chi connectivity index (χ0n) is 10.9. The molecule has 0 radical (unpaired) electrons. The Kier molecular flexibility index (Phi) is 3.55. The minimum atomic E-state index is 0.220. The van der Waals surface area contributed by atoms with Crippen LogP contribution in [0.5, 0.6) is 11.5 Å². The van der Waals surface area contributed by atoms with Crippen LogP contribution in [0, 0.1) is 0 Å². The Labute approximate surface area is 112 Å². The molecule has 1 fully saturated rings. The third-order valence-corrected chi connectivity index (χ3v) is 3.56. The maximum absolute atomic E-state index is 12.1. The third kappa shape index (κ3) is 2.66. The van der Waals surface area contributed by atoms with Crippen molar-refractivity contribution in [3.8, 4) is 11.5 Å². The number of aryl methyl sites for hydroxylation is 1. The number of para-hydroxylation sites is 1. The lowest BCUT2D eigenvalue weighted by atomic mass is 10.1. The highest BCUT2D eigenvalue weighted by Crippen LogP contribution is 2.35. The summed E-state index contributed by atoms with van der Waals surface area (Å²) in [6.07, 6.45) is 1.23. The number of benzene rings is 1. The van der Waals surface area contributed by atoms with Crippen molar-refractivity contribution >= 4 is 5.91 Å². The van der Waals surface area contributed by atoms with Gasteiger partial charge in [-0.2, -0.15) is 0 Å². The zero-order valence-corrected chi connectivity index (χ0v) is 10.9. The molecular formula is C14H18N2O3. The fourth-order valence-electron chi connectivity index (χ4n) is 2.50. The van der Waals surface area contributed by atoms with E-state index in [2.05, 4.69) is 5.32 Å². The highest BCUT2D eigenvalue weighted by Gasteiger charge is 2.20. The number of carbonyl (C=O) groups is 1. The second-order valence-corrected chi connectivity index (χ2v) is 4.78. The molecular weight excluding hydrogens is 244 g/mol. The summed E-state index contributed by atoms with van der Waals surface area (Å²) in [7, 11) is 0. The zero-order chi connectivity index (χ0) is 13.1. The van der Waals surface area contributed by atoms with Gasteiger partial charge in [-0.05, 0) is 18.1 Å². The minimum absolute atomic E-state index is 0.220. The number of nitrogens with zero attached hydrogens (tertiary/aromatic N) is 1. The second-order valence-electron chi connectivity index (χ2n) is 4.78. The van der Waals surface area contributed by atoms with Gasteiger partial charge in [0.05, 0.1) is 0 Å². The van der Waals surface area contributed by atoms with Crippen LogP contribution in [0.25, 0.3) is 0 Å². The number of nitrogens with one attached hydrogen (secondary N) is 1. The first-order valence-corrected chi connectivity index (χ1v) is 6.70. The van der Waals surface area contributed by atoms with Crippen molar-refractivity contribution in [2.45, 2.75) is 12.8 Å². The molecule has 1 aromatic carbocycles. The van der Waals surface area contributed by atoms with E-state index in [0.29, 0.717) is 12.8 Å². The number of hydrogen-bond donors (Lipinski definition) is 1. The van der Waals surface area contributed by atoms with Gasteiger partial charge in [0.2, 0.25) is 12.7 Å². The van der Waals surface area contributed by atoms with Crippen LogP contribution in [0.3, 0.4) is 0 Å². The maximum Gasteiger partial charge on any atom is 0.231 e. The van der Waals surface area contributed by atoms with Crippen molar-refractivity contribution in [3.05, 3.63) is 23.8 Å². The summed E-state index contributed by atoms with van der Waals surface area (Å²) in [6, 6.07) is 5.83. The lowest BCUT2D eigenvalue weighted by Crippen LogP contribution is -2.46. The molecule has 1 aromatic rings. The van der Waals surface area contributed by atoms with Crippen molar-refractivity contribution in [2.24, 2.45) is 0 Å². The Bertz CT molecular complexity index is 470. The molecule has 3 rings (SSSR count). The molecule has 19 heavy (non-hydrogen) atoms. The monoisotopic (exact) mass is 262 g/mol. The van der Waals surface area contributed by atoms with Crippen LogP contribution in [-0.2, 0) is 11.2 Å². The first-order valence-electron chi connectivity index (χ1n) is 6.70. The average Bonchev–Trinajstić information content (AvgIpc) is 2.94. The molecule has 0 atom stereocenters. The Morgan fingerprint density at radius 3 is 2.95 bits per heavy atom. The average molecular weight is 262 g/mol. The van der Waals surface area contributed by atoms with E-state index in [1.165, 1.54) is 0 Å². The molecule has 5 heteroatoms. The fraction of sp³-hybridized carbons (Fsp3) is 0.500. The number of fused-ring (bicyclic) bond motifs is 1. The van der Waals surface area contributed by atoms with Gasteiger partial charge >= 0.3 is 0 Å². The van der Waals surface area contributed by atoms with E-state index in [1.54, 1.807) is 0 Å². The second kappa shape index (κ2) is 5.48. The van der Waals surface area contributed by atoms with Gasteiger partial charge in [0.15, 0.2) is 11.5 Å². The van der Waals surface area contributed by atoms with E-state index in [4.69, 9.17) is 9.47 Å². The van der Waals surface area contributed by atoms with E-state index in [-0.39, 0.29) is 12.7 Å². The molecule has 2 aliphatic heterocycles. The summed E-state index contributed by atoms with van der Waals surface area (Å²) in [5, 5.41) is 3.25. The Balaban J connectivity index is 1.60. The number of hydrogen-bond acceptors (Lipinski definition) is 4. The Hall–Kier alpha value is -1.75. The third-order valence-electron chi connectivity index (χ3n) is 3.56. The number of ether oxygens (including phenoxy) is 2. The standard InChI is InChI=1S/C14H18N2O3/c17-13(16-8-6-15-7-9-16)5-4-11-2-1-3-12-14(11)19-10-18-12/h1-3,15H,4-10H2. The molecule has 5 nitrogen and oxygen atoms in total. The van der Waals surface area contributed by atoms with Gasteiger partial charge in [-0.1, -0.05) is 12.1 Å². The van der Waals surface area contributed by atoms with Crippen molar-refractivity contribution in [1.82, 2.24) is 10.2 Å². The van der Waals surface area contributed by atoms with E-state index in [9.17, 15) is 4.79 Å². The van der Waals surface area contributed by atoms with Crippen molar-refractivity contribution in [1.29, 1.82) is 0 Å². The number of rotatable bonds is 3. The van der Waals surface area contributed by atoms with Crippen molar-refractivity contribution in [3.63, 3.8) is 0 Å². The van der Waals surface area contributed by atoms with Crippen LogP contribution < -0.4 is 14.8 Å². The van der Waals surface area contributed by atoms with Crippen LogP contribution in [0.15, 0.2) is 18.2 Å². The summed E-state index contributed by atoms with van der Waals surface area (Å²) in [6.45, 7) is 3.68. The lowest BCUT2D eigenvalue weighted by molar-refractivity contribution is -0.131. The maximum atomic E-state index is 12.1. The van der Waals surface area contributed by atoms with Gasteiger partial charge in [0.1, 0.15) is 0 Å². The van der Waals surface area contributed by atoms with Gasteiger partial charge in [-0.3, -0.25) is 4.79 Å². The SMILES string of the molecule is O=C(CCc1cccc2c1OCO2)N1CCNCC1. The van der Waals surface area contributed by atoms with Crippen LogP contribution >= 0.6 is 0 Å². The van der Waals surface area contributed by atoms with Gasteiger partial charge < -0.3 is 19.7 Å². The molecule has 0 saturated carbocycles. The van der Waals surface area contributed by atoms with Crippen molar-refractivity contribution in [2.75, 3.05) is 33.0 Å². The normalized spacial score (nSPS) is 17.6. The van der Waals surface area contributed by atoms with E-state index in [0.717, 1.165) is 43.2 Å². The van der Waals surface area contributed by atoms with Crippen LogP contribution in [0.2, 0.25) is 0 Å². The van der Waals surface area contributed by atoms with E-state index in [1.807, 2.05) is 23.1 Å². The smallest absolute Gasteiger partial charge is 0.231 e. The van der Waals surface area contributed by atoms with E-state index >= 15 is 0 Å². The first-order chi connectivity index (χ1) is 9.34. The molecule has 2 aliphatic rings. The number of carbonyl (C=O) groups excluding carboxylic acids is 1. The van der Waals surface area contributed by atoms with Gasteiger partial charge in [-0.25, -0.2) is 0 Å². The summed E-state index contributed by atoms with van der Waals surface area (Å²) in [5.41, 5.74) is 1.05. The molecule has 0 bridgehead atoms. The molecule has 0 unspecified atom stereocenters. The molecule has 1 N–H and O–H groups in total. The van der Waals surface area contributed by atoms with Crippen LogP contribution in [-0.4, -0.2) is 43.8 Å². The molecule has 1 amide bonds. The van der Waals surface area contributed by atoms with Crippen LogP contribution in [0.1, 0.15) is 12.0 Å². The molecule has 0 aliphatic carbocycles. The van der Waals surface area contributed by atoms with Crippen LogP contribution in [0.4, 0.5) is 0 Å². The van der Waals surface area contributed by atoms with Gasteiger partial charge in [-0.15, -0.1) is 0 Å². The molecule has 2 heterocycles. The van der Waals surface area contributed by atoms with Crippen molar-refractivity contribution < 1.29 is 14.3 Å². The number of amides is 1. The summed E-state index contributed by atoms with van der Waals surface area (Å²) in [4.78, 5) is 14.0. The predicted molar refractivity (Wildman–Crippen MR) is 70.3 cm³/mol.